The number of nitrogens with zero attached hydrogens (tertiary/aromatic N) is 2. The number of nitrogens with one attached hydrogen (secondary N) is 1. The fourth-order valence-corrected chi connectivity index (χ4v) is 3.47. The number of carbonyl (C=O) groups is 2. The molecule has 1 aliphatic rings. The number of hydrogen-bond acceptors (Lipinski definition) is 5. The smallest absolute Gasteiger partial charge is 0.323 e. The van der Waals surface area contributed by atoms with Gasteiger partial charge in [0.15, 0.2) is 0 Å². The SMILES string of the molecule is Cc1ccc(C2C(C#N)=C(N)SC2C(=O)NC(=O)N(C)C)cc1. The molecule has 0 fully saturated rings. The predicted molar refractivity (Wildman–Crippen MR) is 89.4 cm³/mol. The Morgan fingerprint density at radius 3 is 2.43 bits per heavy atom. The average Bonchev–Trinajstić information content (AvgIpc) is 2.84. The number of urea groups is 1. The highest BCUT2D eigenvalue weighted by Gasteiger charge is 2.41. The van der Waals surface area contributed by atoms with Crippen molar-refractivity contribution in [1.82, 2.24) is 10.2 Å². The van der Waals surface area contributed by atoms with E-state index >= 15 is 0 Å². The molecule has 0 radical (unpaired) electrons. The highest BCUT2D eigenvalue weighted by molar-refractivity contribution is 8.04. The third-order valence-electron chi connectivity index (χ3n) is 3.58. The maximum absolute atomic E-state index is 12.4. The van der Waals surface area contributed by atoms with Gasteiger partial charge in [-0.3, -0.25) is 10.1 Å². The fourth-order valence-electron chi connectivity index (χ4n) is 2.31. The number of hydrogen-bond donors (Lipinski definition) is 2. The molecule has 0 spiro atoms. The van der Waals surface area contributed by atoms with Crippen molar-refractivity contribution in [3.8, 4) is 6.07 Å². The minimum atomic E-state index is -0.642. The van der Waals surface area contributed by atoms with Crippen molar-refractivity contribution in [3.05, 3.63) is 46.0 Å². The highest BCUT2D eigenvalue weighted by Crippen LogP contribution is 2.45. The van der Waals surface area contributed by atoms with Crippen LogP contribution in [0.4, 0.5) is 4.79 Å². The zero-order valence-corrected chi connectivity index (χ0v) is 14.0. The van der Waals surface area contributed by atoms with Gasteiger partial charge < -0.3 is 10.6 Å². The first-order valence-corrected chi connectivity index (χ1v) is 7.88. The second-order valence-corrected chi connectivity index (χ2v) is 6.69. The average molecular weight is 330 g/mol. The molecule has 0 saturated carbocycles. The molecule has 3 N–H and O–H groups in total. The molecule has 0 aliphatic carbocycles. The summed E-state index contributed by atoms with van der Waals surface area (Å²) in [4.78, 5) is 25.4. The van der Waals surface area contributed by atoms with Gasteiger partial charge in [0.25, 0.3) is 0 Å². The maximum Gasteiger partial charge on any atom is 0.323 e. The van der Waals surface area contributed by atoms with E-state index in [4.69, 9.17) is 5.73 Å². The minimum absolute atomic E-state index is 0.329. The number of rotatable bonds is 2. The quantitative estimate of drug-likeness (QED) is 0.859. The molecular weight excluding hydrogens is 312 g/mol. The van der Waals surface area contributed by atoms with Gasteiger partial charge in [0.2, 0.25) is 5.91 Å². The maximum atomic E-state index is 12.4. The molecular formula is C16H18N4O2S. The van der Waals surface area contributed by atoms with Gasteiger partial charge in [0.05, 0.1) is 16.7 Å². The van der Waals surface area contributed by atoms with Crippen LogP contribution in [0, 0.1) is 18.3 Å². The molecule has 1 aliphatic heterocycles. The van der Waals surface area contributed by atoms with E-state index in [0.717, 1.165) is 22.9 Å². The van der Waals surface area contributed by atoms with Crippen LogP contribution in [0.3, 0.4) is 0 Å². The number of benzene rings is 1. The van der Waals surface area contributed by atoms with Crippen molar-refractivity contribution in [3.63, 3.8) is 0 Å². The minimum Gasteiger partial charge on any atom is -0.393 e. The van der Waals surface area contributed by atoms with Crippen molar-refractivity contribution in [2.45, 2.75) is 18.1 Å². The van der Waals surface area contributed by atoms with Gasteiger partial charge in [-0.25, -0.2) is 4.79 Å². The number of carbonyl (C=O) groups excluding carboxylic acids is 2. The summed E-state index contributed by atoms with van der Waals surface area (Å²) in [6, 6.07) is 9.20. The molecule has 3 amide bonds. The number of nitriles is 1. The van der Waals surface area contributed by atoms with Crippen molar-refractivity contribution >= 4 is 23.7 Å². The lowest BCUT2D eigenvalue weighted by Crippen LogP contribution is -2.43. The summed E-state index contributed by atoms with van der Waals surface area (Å²) in [5.74, 6) is -0.909. The molecule has 7 heteroatoms. The zero-order valence-electron chi connectivity index (χ0n) is 13.2. The van der Waals surface area contributed by atoms with E-state index in [1.165, 1.54) is 4.90 Å². The second kappa shape index (κ2) is 6.75. The molecule has 2 rings (SSSR count). The largest absolute Gasteiger partial charge is 0.393 e. The summed E-state index contributed by atoms with van der Waals surface area (Å²) in [5.41, 5.74) is 8.20. The van der Waals surface area contributed by atoms with Gasteiger partial charge in [-0.1, -0.05) is 41.6 Å². The van der Waals surface area contributed by atoms with E-state index in [-0.39, 0.29) is 0 Å². The van der Waals surface area contributed by atoms with Crippen molar-refractivity contribution in [2.24, 2.45) is 5.73 Å². The number of aryl methyl sites for hydroxylation is 1. The van der Waals surface area contributed by atoms with Gasteiger partial charge >= 0.3 is 6.03 Å². The van der Waals surface area contributed by atoms with E-state index in [2.05, 4.69) is 11.4 Å². The molecule has 1 aromatic rings. The van der Waals surface area contributed by atoms with E-state index in [0.29, 0.717) is 10.6 Å². The molecule has 120 valence electrons. The van der Waals surface area contributed by atoms with Gasteiger partial charge in [-0.15, -0.1) is 0 Å². The molecule has 0 saturated heterocycles. The molecule has 6 nitrogen and oxygen atoms in total. The third-order valence-corrected chi connectivity index (χ3v) is 4.80. The first-order chi connectivity index (χ1) is 10.8. The molecule has 1 aromatic carbocycles. The van der Waals surface area contributed by atoms with Crippen LogP contribution < -0.4 is 11.1 Å². The van der Waals surface area contributed by atoms with Crippen LogP contribution >= 0.6 is 11.8 Å². The molecule has 2 atom stereocenters. The fraction of sp³-hybridized carbons (Fsp3) is 0.312. The van der Waals surface area contributed by atoms with E-state index < -0.39 is 23.1 Å². The lowest BCUT2D eigenvalue weighted by Gasteiger charge is -2.20. The monoisotopic (exact) mass is 330 g/mol. The number of nitrogens with two attached hydrogens (primary N) is 1. The van der Waals surface area contributed by atoms with Crippen LogP contribution in [0.5, 0.6) is 0 Å². The van der Waals surface area contributed by atoms with E-state index in [9.17, 15) is 14.9 Å². The standard InChI is InChI=1S/C16H18N4O2S/c1-9-4-6-10(7-5-9)12-11(8-17)14(18)23-13(12)15(21)19-16(22)20(2)3/h4-7,12-13H,18H2,1-3H3,(H,19,21,22). The first kappa shape index (κ1) is 16.9. The molecule has 1 heterocycles. The summed E-state index contributed by atoms with van der Waals surface area (Å²) < 4.78 is 0. The van der Waals surface area contributed by atoms with Gasteiger partial charge in [-0.2, -0.15) is 5.26 Å². The Hall–Kier alpha value is -2.46. The topological polar surface area (TPSA) is 99.2 Å². The molecule has 0 aromatic heterocycles. The Bertz CT molecular complexity index is 704. The highest BCUT2D eigenvalue weighted by atomic mass is 32.2. The van der Waals surface area contributed by atoms with Crippen LogP contribution in [-0.2, 0) is 4.79 Å². The van der Waals surface area contributed by atoms with E-state index in [1.807, 2.05) is 31.2 Å². The molecule has 23 heavy (non-hydrogen) atoms. The number of thioether (sulfide) groups is 1. The Morgan fingerprint density at radius 2 is 1.91 bits per heavy atom. The Kier molecular flexibility index (Phi) is 4.96. The molecule has 0 bridgehead atoms. The zero-order chi connectivity index (χ0) is 17.1. The second-order valence-electron chi connectivity index (χ2n) is 5.51. The van der Waals surface area contributed by atoms with Gasteiger partial charge in [0.1, 0.15) is 5.25 Å². The summed E-state index contributed by atoms with van der Waals surface area (Å²) in [6.07, 6.45) is 0. The summed E-state index contributed by atoms with van der Waals surface area (Å²) >= 11 is 1.12. The van der Waals surface area contributed by atoms with Crippen LogP contribution in [-0.4, -0.2) is 36.2 Å². The molecule has 2 unspecified atom stereocenters. The Morgan fingerprint density at radius 1 is 1.30 bits per heavy atom. The third kappa shape index (κ3) is 3.48. The lowest BCUT2D eigenvalue weighted by atomic mass is 9.88. The van der Waals surface area contributed by atoms with Crippen LogP contribution in [0.2, 0.25) is 0 Å². The Labute approximate surface area is 139 Å². The number of allylic oxidation sites excluding steroid dienone is 1. The summed E-state index contributed by atoms with van der Waals surface area (Å²) in [7, 11) is 3.10. The van der Waals surface area contributed by atoms with Crippen LogP contribution in [0.25, 0.3) is 0 Å². The lowest BCUT2D eigenvalue weighted by molar-refractivity contribution is -0.119. The number of imide groups is 1. The van der Waals surface area contributed by atoms with Crippen molar-refractivity contribution in [1.29, 1.82) is 5.26 Å². The number of amides is 3. The van der Waals surface area contributed by atoms with Gasteiger partial charge in [-0.05, 0) is 12.5 Å². The van der Waals surface area contributed by atoms with Gasteiger partial charge in [0, 0.05) is 20.0 Å². The summed E-state index contributed by atoms with van der Waals surface area (Å²) in [5, 5.41) is 11.4. The summed E-state index contributed by atoms with van der Waals surface area (Å²) in [6.45, 7) is 1.96. The van der Waals surface area contributed by atoms with Crippen molar-refractivity contribution < 1.29 is 9.59 Å². The van der Waals surface area contributed by atoms with E-state index in [1.54, 1.807) is 14.1 Å². The predicted octanol–water partition coefficient (Wildman–Crippen LogP) is 1.69. The van der Waals surface area contributed by atoms with Crippen LogP contribution in [0.15, 0.2) is 34.9 Å². The Balaban J connectivity index is 2.33. The first-order valence-electron chi connectivity index (χ1n) is 7.00. The van der Waals surface area contributed by atoms with Crippen LogP contribution in [0.1, 0.15) is 17.0 Å². The van der Waals surface area contributed by atoms with Crippen molar-refractivity contribution in [2.75, 3.05) is 14.1 Å². The normalized spacial score (nSPS) is 20.1.